The van der Waals surface area contributed by atoms with Crippen molar-refractivity contribution in [1.82, 2.24) is 9.88 Å². The average Bonchev–Trinajstić information content (AvgIpc) is 3.23. The van der Waals surface area contributed by atoms with Crippen LogP contribution in [-0.4, -0.2) is 55.2 Å². The molecule has 1 aliphatic heterocycles. The fourth-order valence-electron chi connectivity index (χ4n) is 3.84. The van der Waals surface area contributed by atoms with E-state index < -0.39 is 0 Å². The number of methoxy groups -OCH3 is 1. The number of hydrogen-bond donors (Lipinski definition) is 1. The summed E-state index contributed by atoms with van der Waals surface area (Å²) < 4.78 is 11.0. The van der Waals surface area contributed by atoms with Crippen LogP contribution in [0.3, 0.4) is 0 Å². The van der Waals surface area contributed by atoms with Gasteiger partial charge in [0.25, 0.3) is 5.91 Å². The van der Waals surface area contributed by atoms with E-state index in [9.17, 15) is 4.79 Å². The van der Waals surface area contributed by atoms with E-state index in [1.54, 1.807) is 7.11 Å². The first-order chi connectivity index (χ1) is 14.1. The Bertz CT molecular complexity index is 953. The smallest absolute Gasteiger partial charge is 0.254 e. The van der Waals surface area contributed by atoms with Gasteiger partial charge in [-0.05, 0) is 32.0 Å². The number of ether oxygens (including phenoxy) is 2. The zero-order valence-electron chi connectivity index (χ0n) is 17.6. The third-order valence-electron chi connectivity index (χ3n) is 5.26. The maximum Gasteiger partial charge on any atom is 0.254 e. The van der Waals surface area contributed by atoms with E-state index in [1.807, 2.05) is 29.3 Å². The van der Waals surface area contributed by atoms with E-state index >= 15 is 0 Å². The van der Waals surface area contributed by atoms with Gasteiger partial charge in [0.05, 0.1) is 31.7 Å². The highest BCUT2D eigenvalue weighted by Gasteiger charge is 2.22. The molecule has 30 heavy (non-hydrogen) atoms. The molecule has 2 heterocycles. The Hall–Kier alpha value is -2.57. The number of benzene rings is 1. The minimum absolute atomic E-state index is 0. The minimum atomic E-state index is 0. The summed E-state index contributed by atoms with van der Waals surface area (Å²) in [7, 11) is 1.64. The number of nitrogens with zero attached hydrogens (tertiary/aromatic N) is 2. The Morgan fingerprint density at radius 1 is 1.23 bits per heavy atom. The number of rotatable bonds is 5. The van der Waals surface area contributed by atoms with Crippen molar-refractivity contribution < 1.29 is 14.3 Å². The highest BCUT2D eigenvalue weighted by Crippen LogP contribution is 2.40. The van der Waals surface area contributed by atoms with Gasteiger partial charge < -0.3 is 19.7 Å². The molecule has 1 aromatic heterocycles. The Kier molecular flexibility index (Phi) is 7.00. The topological polar surface area (TPSA) is 63.7 Å². The molecule has 2 aliphatic rings. The summed E-state index contributed by atoms with van der Waals surface area (Å²) in [4.78, 5) is 19.4. The highest BCUT2D eigenvalue weighted by molar-refractivity contribution is 5.97. The van der Waals surface area contributed by atoms with E-state index in [4.69, 9.17) is 9.47 Å². The van der Waals surface area contributed by atoms with Gasteiger partial charge in [0.2, 0.25) is 0 Å². The van der Waals surface area contributed by atoms with Crippen LogP contribution < -0.4 is 10.1 Å². The number of nitrogens with one attached hydrogen (secondary N) is 1. The normalized spacial score (nSPS) is 15.0. The van der Waals surface area contributed by atoms with Crippen LogP contribution in [0.15, 0.2) is 30.5 Å². The Morgan fingerprint density at radius 3 is 2.70 bits per heavy atom. The lowest BCUT2D eigenvalue weighted by Gasteiger charge is -2.27. The fourth-order valence-corrected chi connectivity index (χ4v) is 3.84. The Morgan fingerprint density at radius 2 is 2.00 bits per heavy atom. The van der Waals surface area contributed by atoms with Crippen molar-refractivity contribution in [2.75, 3.05) is 38.7 Å². The molecule has 2 aromatic rings. The van der Waals surface area contributed by atoms with Crippen molar-refractivity contribution in [2.24, 2.45) is 0 Å². The summed E-state index contributed by atoms with van der Waals surface area (Å²) in [5, 5.41) is 3.58. The van der Waals surface area contributed by atoms with Gasteiger partial charge in [-0.1, -0.05) is 12.2 Å². The summed E-state index contributed by atoms with van der Waals surface area (Å²) >= 11 is 0. The third-order valence-corrected chi connectivity index (χ3v) is 5.26. The van der Waals surface area contributed by atoms with Gasteiger partial charge in [0, 0.05) is 54.0 Å². The molecule has 1 N–H and O–H groups in total. The third kappa shape index (κ3) is 4.30. The molecule has 0 bridgehead atoms. The van der Waals surface area contributed by atoms with Crippen molar-refractivity contribution in [3.05, 3.63) is 47.3 Å². The molecule has 0 spiro atoms. The van der Waals surface area contributed by atoms with Crippen LogP contribution in [0.1, 0.15) is 35.5 Å². The molecule has 1 fully saturated rings. The van der Waals surface area contributed by atoms with Crippen molar-refractivity contribution in [2.45, 2.75) is 26.3 Å². The van der Waals surface area contributed by atoms with E-state index in [1.165, 1.54) is 0 Å². The number of pyridine rings is 1. The molecule has 1 saturated heterocycles. The number of carbonyl (C=O) groups is 1. The van der Waals surface area contributed by atoms with Gasteiger partial charge in [0.15, 0.2) is 0 Å². The van der Waals surface area contributed by atoms with Crippen LogP contribution in [0.25, 0.3) is 17.2 Å². The predicted octanol–water partition coefficient (Wildman–Crippen LogP) is 4.04. The minimum Gasteiger partial charge on any atom is -0.496 e. The Balaban J connectivity index is 0.00000256. The van der Waals surface area contributed by atoms with Gasteiger partial charge in [-0.3, -0.25) is 9.78 Å². The molecule has 1 aliphatic carbocycles. The Labute approximate surface area is 183 Å². The van der Waals surface area contributed by atoms with Crippen molar-refractivity contribution in [3.63, 3.8) is 0 Å². The molecule has 0 atom stereocenters. The molecule has 4 rings (SSSR count). The number of allylic oxidation sites excluding steroid dienone is 1. The summed E-state index contributed by atoms with van der Waals surface area (Å²) in [5.41, 5.74) is 5.79. The second-order valence-electron chi connectivity index (χ2n) is 7.63. The summed E-state index contributed by atoms with van der Waals surface area (Å²) in [6.45, 7) is 6.64. The molecule has 1 amide bonds. The maximum absolute atomic E-state index is 12.9. The quantitative estimate of drug-likeness (QED) is 0.777. The molecule has 1 aromatic carbocycles. The largest absolute Gasteiger partial charge is 0.496 e. The average molecular weight is 430 g/mol. The van der Waals surface area contributed by atoms with Crippen molar-refractivity contribution >= 4 is 30.1 Å². The van der Waals surface area contributed by atoms with E-state index in [2.05, 4.69) is 36.3 Å². The lowest BCUT2D eigenvalue weighted by Crippen LogP contribution is -2.40. The second-order valence-corrected chi connectivity index (χ2v) is 7.63. The lowest BCUT2D eigenvalue weighted by atomic mass is 9.98. The van der Waals surface area contributed by atoms with Gasteiger partial charge in [-0.2, -0.15) is 0 Å². The zero-order chi connectivity index (χ0) is 20.4. The number of amides is 1. The van der Waals surface area contributed by atoms with Gasteiger partial charge in [0.1, 0.15) is 5.75 Å². The first kappa shape index (κ1) is 22.1. The van der Waals surface area contributed by atoms with Crippen LogP contribution in [0.2, 0.25) is 0 Å². The first-order valence-electron chi connectivity index (χ1n) is 10.1. The monoisotopic (exact) mass is 429 g/mol. The number of halogens is 1. The van der Waals surface area contributed by atoms with Gasteiger partial charge in [-0.15, -0.1) is 12.4 Å². The second kappa shape index (κ2) is 9.49. The summed E-state index contributed by atoms with van der Waals surface area (Å²) in [5.74, 6) is 0.674. The number of morpholine rings is 1. The fraction of sp³-hybridized carbons (Fsp3) is 0.391. The van der Waals surface area contributed by atoms with E-state index in [0.717, 1.165) is 34.5 Å². The SMILES string of the molecule is COc1cc(C(=O)N2CCOCC2)ccc1-c1cnc2c(c1NC(C)C)C=CC2.Cl. The zero-order valence-corrected chi connectivity index (χ0v) is 18.4. The van der Waals surface area contributed by atoms with Crippen LogP contribution >= 0.6 is 12.4 Å². The number of hydrogen-bond acceptors (Lipinski definition) is 5. The van der Waals surface area contributed by atoms with Crippen LogP contribution in [-0.2, 0) is 11.2 Å². The molecular weight excluding hydrogens is 402 g/mol. The van der Waals surface area contributed by atoms with Crippen molar-refractivity contribution in [3.8, 4) is 16.9 Å². The molecule has 0 radical (unpaired) electrons. The van der Waals surface area contributed by atoms with Gasteiger partial charge in [-0.25, -0.2) is 0 Å². The van der Waals surface area contributed by atoms with Crippen LogP contribution in [0.4, 0.5) is 5.69 Å². The van der Waals surface area contributed by atoms with Crippen molar-refractivity contribution in [1.29, 1.82) is 0 Å². The van der Waals surface area contributed by atoms with Gasteiger partial charge >= 0.3 is 0 Å². The molecular formula is C23H28ClN3O3. The number of fused-ring (bicyclic) bond motifs is 1. The molecule has 7 heteroatoms. The highest BCUT2D eigenvalue weighted by atomic mass is 35.5. The standard InChI is InChI=1S/C23H27N3O3.ClH/c1-15(2)25-22-18-5-4-6-20(18)24-14-19(22)17-8-7-16(13-21(17)28-3)23(27)26-9-11-29-12-10-26;/h4-5,7-8,13-15H,6,9-12H2,1-3H3,(H,24,25);1H. The first-order valence-corrected chi connectivity index (χ1v) is 10.1. The van der Waals surface area contributed by atoms with E-state index in [0.29, 0.717) is 37.6 Å². The number of aromatic nitrogens is 1. The summed E-state index contributed by atoms with van der Waals surface area (Å²) in [6.07, 6.45) is 7.01. The molecule has 0 saturated carbocycles. The molecule has 160 valence electrons. The van der Waals surface area contributed by atoms with E-state index in [-0.39, 0.29) is 24.4 Å². The summed E-state index contributed by atoms with van der Waals surface area (Å²) in [6, 6.07) is 5.94. The molecule has 0 unspecified atom stereocenters. The number of carbonyl (C=O) groups excluding carboxylic acids is 1. The number of anilines is 1. The van der Waals surface area contributed by atoms with Crippen LogP contribution in [0.5, 0.6) is 5.75 Å². The molecule has 6 nitrogen and oxygen atoms in total. The maximum atomic E-state index is 12.9. The van der Waals surface area contributed by atoms with Crippen LogP contribution in [0, 0.1) is 0 Å². The lowest BCUT2D eigenvalue weighted by molar-refractivity contribution is 0.0302. The predicted molar refractivity (Wildman–Crippen MR) is 122 cm³/mol.